The highest BCUT2D eigenvalue weighted by molar-refractivity contribution is 8.14. The minimum absolute atomic E-state index is 0.0442. The molecule has 0 amide bonds. The van der Waals surface area contributed by atoms with Crippen LogP contribution in [0.3, 0.4) is 0 Å². The molecule has 0 aliphatic carbocycles. The lowest BCUT2D eigenvalue weighted by Gasteiger charge is -2.20. The van der Waals surface area contributed by atoms with Crippen molar-refractivity contribution >= 4 is 40.0 Å². The number of hydrogen-bond donors (Lipinski definition) is 1. The molecule has 0 radical (unpaired) electrons. The van der Waals surface area contributed by atoms with Crippen LogP contribution in [0.5, 0.6) is 0 Å². The average molecular weight is 467 g/mol. The maximum atomic E-state index is 12.6. The third kappa shape index (κ3) is 7.21. The normalized spacial score (nSPS) is 14.3. The van der Waals surface area contributed by atoms with Gasteiger partial charge in [-0.15, -0.1) is 0 Å². The summed E-state index contributed by atoms with van der Waals surface area (Å²) in [5, 5.41) is 4.71. The van der Waals surface area contributed by atoms with E-state index in [4.69, 9.17) is 0 Å². The van der Waals surface area contributed by atoms with Gasteiger partial charge in [-0.25, -0.2) is 0 Å². The number of allylic oxidation sites excluding steroid dienone is 2. The van der Waals surface area contributed by atoms with E-state index in [9.17, 15) is 4.79 Å². The lowest BCUT2D eigenvalue weighted by atomic mass is 10.2. The highest BCUT2D eigenvalue weighted by atomic mass is 32.2. The van der Waals surface area contributed by atoms with Gasteiger partial charge in [0.15, 0.2) is 0 Å². The topological polar surface area (TPSA) is 32.3 Å². The number of unbranched alkanes of at least 4 members (excludes halogenated alkanes) is 4. The average Bonchev–Trinajstić information content (AvgIpc) is 3.15. The zero-order valence-corrected chi connectivity index (χ0v) is 20.8. The summed E-state index contributed by atoms with van der Waals surface area (Å²) in [6.07, 6.45) is 12.8. The standard InChI is InChI=1S/C27H34N2OS2/c1-3-5-11-20-28-22-14-7-9-16-24(22)32-27(30)19-13-18-26-29(21-12-6-4-2)23-15-8-10-17-25(23)31-26/h7-10,13-19,28H,3-6,11-12,20-21H2,1-2H3/b19-13+,26-18+. The second kappa shape index (κ2) is 13.4. The molecule has 3 rings (SSSR count). The first-order valence-corrected chi connectivity index (χ1v) is 13.3. The summed E-state index contributed by atoms with van der Waals surface area (Å²) in [7, 11) is 0. The molecule has 0 saturated carbocycles. The number of rotatable bonds is 12. The van der Waals surface area contributed by atoms with E-state index in [0.29, 0.717) is 0 Å². The number of thioether (sulfide) groups is 2. The van der Waals surface area contributed by atoms with E-state index in [1.165, 1.54) is 59.5 Å². The van der Waals surface area contributed by atoms with E-state index >= 15 is 0 Å². The molecule has 170 valence electrons. The van der Waals surface area contributed by atoms with Gasteiger partial charge < -0.3 is 10.2 Å². The Morgan fingerprint density at radius 1 is 1.00 bits per heavy atom. The molecule has 0 atom stereocenters. The molecule has 0 bridgehead atoms. The number of hydrogen-bond acceptors (Lipinski definition) is 5. The number of para-hydroxylation sites is 2. The van der Waals surface area contributed by atoms with Crippen LogP contribution in [-0.2, 0) is 4.79 Å². The van der Waals surface area contributed by atoms with Gasteiger partial charge in [0, 0.05) is 28.6 Å². The van der Waals surface area contributed by atoms with Crippen molar-refractivity contribution in [3.8, 4) is 0 Å². The summed E-state index contributed by atoms with van der Waals surface area (Å²) in [5.41, 5.74) is 2.31. The van der Waals surface area contributed by atoms with Crippen molar-refractivity contribution < 1.29 is 4.79 Å². The first kappa shape index (κ1) is 24.5. The maximum Gasteiger partial charge on any atom is 0.216 e. The highest BCUT2D eigenvalue weighted by Gasteiger charge is 2.23. The first-order chi connectivity index (χ1) is 15.7. The molecule has 5 heteroatoms. The van der Waals surface area contributed by atoms with Crippen molar-refractivity contribution in [2.24, 2.45) is 0 Å². The van der Waals surface area contributed by atoms with Crippen LogP contribution in [0.4, 0.5) is 11.4 Å². The van der Waals surface area contributed by atoms with Gasteiger partial charge in [0.25, 0.3) is 0 Å². The van der Waals surface area contributed by atoms with Gasteiger partial charge in [0.05, 0.1) is 10.7 Å². The highest BCUT2D eigenvalue weighted by Crippen LogP contribution is 2.45. The van der Waals surface area contributed by atoms with Crippen LogP contribution < -0.4 is 10.2 Å². The maximum absolute atomic E-state index is 12.6. The summed E-state index contributed by atoms with van der Waals surface area (Å²) >= 11 is 3.06. The van der Waals surface area contributed by atoms with Gasteiger partial charge >= 0.3 is 0 Å². The lowest BCUT2D eigenvalue weighted by molar-refractivity contribution is -0.107. The van der Waals surface area contributed by atoms with E-state index < -0.39 is 0 Å². The molecular weight excluding hydrogens is 432 g/mol. The summed E-state index contributed by atoms with van der Waals surface area (Å²) in [4.78, 5) is 17.3. The zero-order chi connectivity index (χ0) is 22.6. The van der Waals surface area contributed by atoms with Crippen LogP contribution in [0.15, 0.2) is 81.6 Å². The minimum atomic E-state index is 0.0442. The lowest BCUT2D eigenvalue weighted by Crippen LogP contribution is -2.18. The SMILES string of the molecule is CCCCCNc1ccccc1SC(=O)/C=C/C=C1/Sc2ccccc2N1CCCCC. The number of benzene rings is 2. The van der Waals surface area contributed by atoms with E-state index in [1.54, 1.807) is 17.8 Å². The molecule has 32 heavy (non-hydrogen) atoms. The monoisotopic (exact) mass is 466 g/mol. The van der Waals surface area contributed by atoms with Gasteiger partial charge in [-0.05, 0) is 61.0 Å². The van der Waals surface area contributed by atoms with Gasteiger partial charge in [0.2, 0.25) is 5.12 Å². The van der Waals surface area contributed by atoms with Crippen LogP contribution in [0.25, 0.3) is 0 Å². The molecule has 1 heterocycles. The second-order valence-corrected chi connectivity index (χ2v) is 9.95. The Hall–Kier alpha value is -2.11. The molecule has 1 aliphatic heterocycles. The number of fused-ring (bicyclic) bond motifs is 1. The van der Waals surface area contributed by atoms with E-state index in [-0.39, 0.29) is 5.12 Å². The third-order valence-electron chi connectivity index (χ3n) is 5.29. The van der Waals surface area contributed by atoms with E-state index in [1.807, 2.05) is 30.3 Å². The summed E-state index contributed by atoms with van der Waals surface area (Å²) in [6, 6.07) is 16.6. The van der Waals surface area contributed by atoms with Gasteiger partial charge in [-0.1, -0.05) is 81.6 Å². The number of carbonyl (C=O) groups excluding carboxylic acids is 1. The van der Waals surface area contributed by atoms with Crippen molar-refractivity contribution in [1.29, 1.82) is 0 Å². The molecule has 3 nitrogen and oxygen atoms in total. The summed E-state index contributed by atoms with van der Waals surface area (Å²) in [5.74, 6) is 0. The van der Waals surface area contributed by atoms with Crippen molar-refractivity contribution in [2.45, 2.75) is 62.2 Å². The van der Waals surface area contributed by atoms with Crippen molar-refractivity contribution in [2.75, 3.05) is 23.3 Å². The molecule has 1 N–H and O–H groups in total. The Balaban J connectivity index is 1.62. The van der Waals surface area contributed by atoms with Crippen molar-refractivity contribution in [3.63, 3.8) is 0 Å². The van der Waals surface area contributed by atoms with Gasteiger partial charge in [0.1, 0.15) is 0 Å². The fourth-order valence-corrected chi connectivity index (χ4v) is 5.44. The Bertz CT molecular complexity index is 939. The second-order valence-electron chi connectivity index (χ2n) is 7.84. The fourth-order valence-electron chi connectivity index (χ4n) is 3.58. The molecule has 0 spiro atoms. The van der Waals surface area contributed by atoms with Gasteiger partial charge in [-0.3, -0.25) is 4.79 Å². The van der Waals surface area contributed by atoms with Crippen LogP contribution in [-0.4, -0.2) is 18.2 Å². The summed E-state index contributed by atoms with van der Waals surface area (Å²) < 4.78 is 0. The van der Waals surface area contributed by atoms with Crippen LogP contribution in [0.2, 0.25) is 0 Å². The van der Waals surface area contributed by atoms with Gasteiger partial charge in [-0.2, -0.15) is 0 Å². The zero-order valence-electron chi connectivity index (χ0n) is 19.2. The molecule has 0 fully saturated rings. The molecule has 2 aromatic carbocycles. The number of carbonyl (C=O) groups is 1. The van der Waals surface area contributed by atoms with Crippen molar-refractivity contribution in [1.82, 2.24) is 0 Å². The third-order valence-corrected chi connectivity index (χ3v) is 7.33. The Morgan fingerprint density at radius 3 is 2.59 bits per heavy atom. The predicted molar refractivity (Wildman–Crippen MR) is 142 cm³/mol. The smallest absolute Gasteiger partial charge is 0.216 e. The number of anilines is 2. The Morgan fingerprint density at radius 2 is 1.75 bits per heavy atom. The quantitative estimate of drug-likeness (QED) is 0.194. The summed E-state index contributed by atoms with van der Waals surface area (Å²) in [6.45, 7) is 6.39. The van der Waals surface area contributed by atoms with Crippen molar-refractivity contribution in [3.05, 3.63) is 71.8 Å². The molecular formula is C27H34N2OS2. The minimum Gasteiger partial charge on any atom is -0.384 e. The number of nitrogens with one attached hydrogen (secondary N) is 1. The van der Waals surface area contributed by atoms with E-state index in [2.05, 4.69) is 54.4 Å². The van der Waals surface area contributed by atoms with E-state index in [0.717, 1.165) is 30.1 Å². The van der Waals surface area contributed by atoms with Crippen LogP contribution in [0, 0.1) is 0 Å². The molecule has 2 aromatic rings. The Labute approximate surface area is 201 Å². The Kier molecular flexibility index (Phi) is 10.3. The first-order valence-electron chi connectivity index (χ1n) is 11.7. The number of nitrogens with zero attached hydrogens (tertiary/aromatic N) is 1. The fraction of sp³-hybridized carbons (Fsp3) is 0.370. The molecule has 0 saturated heterocycles. The molecule has 0 aromatic heterocycles. The largest absolute Gasteiger partial charge is 0.384 e. The van der Waals surface area contributed by atoms with Crippen LogP contribution in [0.1, 0.15) is 52.4 Å². The molecule has 1 aliphatic rings. The van der Waals surface area contributed by atoms with Crippen LogP contribution >= 0.6 is 23.5 Å². The molecule has 0 unspecified atom stereocenters. The predicted octanol–water partition coefficient (Wildman–Crippen LogP) is 8.11.